The monoisotopic (exact) mass is 264 g/mol. The van der Waals surface area contributed by atoms with E-state index >= 15 is 0 Å². The largest absolute Gasteiger partial charge is 0.360 e. The van der Waals surface area contributed by atoms with Crippen LogP contribution in [0.3, 0.4) is 0 Å². The van der Waals surface area contributed by atoms with Crippen LogP contribution in [-0.2, 0) is 27.2 Å². The summed E-state index contributed by atoms with van der Waals surface area (Å²) < 4.78 is 7.57. The Labute approximate surface area is 109 Å². The van der Waals surface area contributed by atoms with Crippen LogP contribution >= 0.6 is 0 Å². The maximum atomic E-state index is 11.7. The predicted octanol–water partition coefficient (Wildman–Crippen LogP) is -0.330. The third-order valence-electron chi connectivity index (χ3n) is 2.91. The van der Waals surface area contributed by atoms with Gasteiger partial charge in [-0.25, -0.2) is 4.79 Å². The second kappa shape index (κ2) is 5.23. The molecule has 0 aliphatic heterocycles. The van der Waals surface area contributed by atoms with Gasteiger partial charge in [-0.3, -0.25) is 13.9 Å². The van der Waals surface area contributed by atoms with Crippen LogP contribution in [-0.4, -0.2) is 14.3 Å². The molecule has 0 amide bonds. The van der Waals surface area contributed by atoms with E-state index in [0.29, 0.717) is 24.5 Å². The second-order valence-electron chi connectivity index (χ2n) is 4.41. The lowest BCUT2D eigenvalue weighted by atomic mass is 10.3. The van der Waals surface area contributed by atoms with Crippen molar-refractivity contribution < 1.29 is 4.52 Å². The summed E-state index contributed by atoms with van der Waals surface area (Å²) in [6.07, 6.45) is 0. The Hall–Kier alpha value is -2.15. The molecule has 0 saturated carbocycles. The van der Waals surface area contributed by atoms with E-state index in [0.717, 1.165) is 10.3 Å². The van der Waals surface area contributed by atoms with E-state index in [1.165, 1.54) is 17.7 Å². The Morgan fingerprint density at radius 1 is 1.21 bits per heavy atom. The maximum Gasteiger partial charge on any atom is 0.330 e. The molecule has 0 radical (unpaired) electrons. The molecule has 2 rings (SSSR count). The molecule has 0 unspecified atom stereocenters. The zero-order chi connectivity index (χ0) is 14.0. The molecule has 0 aliphatic carbocycles. The minimum Gasteiger partial charge on any atom is -0.360 e. The number of aryl methyl sites for hydroxylation is 1. The summed E-state index contributed by atoms with van der Waals surface area (Å²) in [5.74, 6) is 0.714. The van der Waals surface area contributed by atoms with Gasteiger partial charge in [0, 0.05) is 38.5 Å². The highest BCUT2D eigenvalue weighted by Crippen LogP contribution is 2.01. The van der Waals surface area contributed by atoms with Gasteiger partial charge in [0.2, 0.25) is 0 Å². The number of hydrogen-bond acceptors (Lipinski definition) is 5. The van der Waals surface area contributed by atoms with Gasteiger partial charge in [0.1, 0.15) is 0 Å². The lowest BCUT2D eigenvalue weighted by Crippen LogP contribution is -2.38. The number of aromatic nitrogens is 3. The molecule has 0 fully saturated rings. The SMILES string of the molecule is Cc1cc(CNCc2cc(=O)n(C)c(=O)n2C)on1. The summed E-state index contributed by atoms with van der Waals surface area (Å²) in [7, 11) is 3.09. The lowest BCUT2D eigenvalue weighted by Gasteiger charge is -2.09. The first-order chi connectivity index (χ1) is 8.99. The first-order valence-electron chi connectivity index (χ1n) is 5.88. The van der Waals surface area contributed by atoms with Gasteiger partial charge in [-0.15, -0.1) is 0 Å². The number of hydrogen-bond donors (Lipinski definition) is 1. The molecule has 0 saturated heterocycles. The van der Waals surface area contributed by atoms with E-state index in [-0.39, 0.29) is 11.2 Å². The Kier molecular flexibility index (Phi) is 3.66. The van der Waals surface area contributed by atoms with Gasteiger partial charge in [0.15, 0.2) is 5.76 Å². The Morgan fingerprint density at radius 2 is 1.95 bits per heavy atom. The molecule has 2 heterocycles. The highest BCUT2D eigenvalue weighted by molar-refractivity contribution is 5.04. The molecule has 7 nitrogen and oxygen atoms in total. The summed E-state index contributed by atoms with van der Waals surface area (Å²) in [6, 6.07) is 3.27. The zero-order valence-electron chi connectivity index (χ0n) is 11.1. The molecule has 0 aliphatic rings. The molecule has 102 valence electrons. The first kappa shape index (κ1) is 13.3. The van der Waals surface area contributed by atoms with Crippen molar-refractivity contribution in [2.45, 2.75) is 20.0 Å². The van der Waals surface area contributed by atoms with Gasteiger partial charge >= 0.3 is 5.69 Å². The summed E-state index contributed by atoms with van der Waals surface area (Å²) in [5.41, 5.74) is 0.803. The lowest BCUT2D eigenvalue weighted by molar-refractivity contribution is 0.368. The van der Waals surface area contributed by atoms with Gasteiger partial charge in [-0.1, -0.05) is 5.16 Å². The molecule has 2 aromatic heterocycles. The predicted molar refractivity (Wildman–Crippen MR) is 68.7 cm³/mol. The van der Waals surface area contributed by atoms with Crippen molar-refractivity contribution in [2.24, 2.45) is 14.1 Å². The van der Waals surface area contributed by atoms with Gasteiger partial charge in [0.05, 0.1) is 12.2 Å². The van der Waals surface area contributed by atoms with E-state index in [2.05, 4.69) is 10.5 Å². The quantitative estimate of drug-likeness (QED) is 0.817. The van der Waals surface area contributed by atoms with Crippen LogP contribution in [0, 0.1) is 6.92 Å². The average Bonchev–Trinajstić information content (AvgIpc) is 2.79. The van der Waals surface area contributed by atoms with Crippen molar-refractivity contribution in [1.82, 2.24) is 19.6 Å². The van der Waals surface area contributed by atoms with Crippen molar-refractivity contribution >= 4 is 0 Å². The Morgan fingerprint density at radius 3 is 2.58 bits per heavy atom. The van der Waals surface area contributed by atoms with Crippen LogP contribution < -0.4 is 16.6 Å². The third-order valence-corrected chi connectivity index (χ3v) is 2.91. The molecular weight excluding hydrogens is 248 g/mol. The Bertz CT molecular complexity index is 696. The van der Waals surface area contributed by atoms with Gasteiger partial charge in [-0.05, 0) is 6.92 Å². The van der Waals surface area contributed by atoms with E-state index in [1.54, 1.807) is 7.05 Å². The molecule has 0 atom stereocenters. The fourth-order valence-electron chi connectivity index (χ4n) is 1.76. The molecule has 2 aromatic rings. The van der Waals surface area contributed by atoms with Crippen LogP contribution in [0.2, 0.25) is 0 Å². The third kappa shape index (κ3) is 2.82. The molecule has 0 aromatic carbocycles. The molecule has 0 bridgehead atoms. The first-order valence-corrected chi connectivity index (χ1v) is 5.88. The van der Waals surface area contributed by atoms with Crippen LogP contribution in [0.4, 0.5) is 0 Å². The number of nitrogens with one attached hydrogen (secondary N) is 1. The van der Waals surface area contributed by atoms with Gasteiger partial charge < -0.3 is 9.84 Å². The molecule has 19 heavy (non-hydrogen) atoms. The molecule has 7 heteroatoms. The summed E-state index contributed by atoms with van der Waals surface area (Å²) in [4.78, 5) is 23.3. The Balaban J connectivity index is 2.08. The van der Waals surface area contributed by atoms with Crippen LogP contribution in [0.5, 0.6) is 0 Å². The highest BCUT2D eigenvalue weighted by atomic mass is 16.5. The number of nitrogens with zero attached hydrogens (tertiary/aromatic N) is 3. The summed E-state index contributed by atoms with van der Waals surface area (Å²) >= 11 is 0. The van der Waals surface area contributed by atoms with Crippen LogP contribution in [0.1, 0.15) is 17.1 Å². The van der Waals surface area contributed by atoms with Crippen LogP contribution in [0.25, 0.3) is 0 Å². The van der Waals surface area contributed by atoms with E-state index in [1.807, 2.05) is 13.0 Å². The van der Waals surface area contributed by atoms with E-state index in [9.17, 15) is 9.59 Å². The summed E-state index contributed by atoms with van der Waals surface area (Å²) in [5, 5.41) is 6.88. The van der Waals surface area contributed by atoms with Crippen molar-refractivity contribution in [2.75, 3.05) is 0 Å². The van der Waals surface area contributed by atoms with Gasteiger partial charge in [0.25, 0.3) is 5.56 Å². The fraction of sp³-hybridized carbons (Fsp3) is 0.417. The minimum atomic E-state index is -0.334. The maximum absolute atomic E-state index is 11.7. The standard InChI is InChI=1S/C12H16N4O3/c1-8-4-10(19-14-8)7-13-6-9-5-11(17)16(3)12(18)15(9)2/h4-5,13H,6-7H2,1-3H3. The highest BCUT2D eigenvalue weighted by Gasteiger charge is 2.06. The van der Waals surface area contributed by atoms with E-state index in [4.69, 9.17) is 4.52 Å². The average molecular weight is 264 g/mol. The van der Waals surface area contributed by atoms with Crippen molar-refractivity contribution in [3.8, 4) is 0 Å². The van der Waals surface area contributed by atoms with Crippen molar-refractivity contribution in [3.05, 3.63) is 50.1 Å². The van der Waals surface area contributed by atoms with Crippen molar-refractivity contribution in [3.63, 3.8) is 0 Å². The fourth-order valence-corrected chi connectivity index (χ4v) is 1.76. The molecular formula is C12H16N4O3. The minimum absolute atomic E-state index is 0.310. The smallest absolute Gasteiger partial charge is 0.330 e. The molecule has 1 N–H and O–H groups in total. The molecule has 0 spiro atoms. The topological polar surface area (TPSA) is 82.1 Å². The second-order valence-corrected chi connectivity index (χ2v) is 4.41. The number of rotatable bonds is 4. The van der Waals surface area contributed by atoms with Gasteiger partial charge in [-0.2, -0.15) is 0 Å². The van der Waals surface area contributed by atoms with E-state index < -0.39 is 0 Å². The zero-order valence-corrected chi connectivity index (χ0v) is 11.1. The normalized spacial score (nSPS) is 10.9. The van der Waals surface area contributed by atoms with Crippen LogP contribution in [0.15, 0.2) is 26.2 Å². The van der Waals surface area contributed by atoms with Crippen molar-refractivity contribution in [1.29, 1.82) is 0 Å². The summed E-state index contributed by atoms with van der Waals surface area (Å²) in [6.45, 7) is 2.74.